The Bertz CT molecular complexity index is 493. The molecule has 1 heterocycles. The van der Waals surface area contributed by atoms with Crippen molar-refractivity contribution in [3.63, 3.8) is 0 Å². The molecule has 2 aromatic rings. The molecule has 0 bridgehead atoms. The molecule has 0 radical (unpaired) electrons. The van der Waals surface area contributed by atoms with Gasteiger partial charge in [0, 0.05) is 34.2 Å². The van der Waals surface area contributed by atoms with Gasteiger partial charge in [0.05, 0.1) is 13.7 Å². The fourth-order valence-corrected chi connectivity index (χ4v) is 2.84. The zero-order valence-electron chi connectivity index (χ0n) is 9.45. The molecule has 4 heteroatoms. The van der Waals surface area contributed by atoms with Gasteiger partial charge >= 0.3 is 0 Å². The lowest BCUT2D eigenvalue weighted by molar-refractivity contribution is 0.185. The number of ether oxygens (including phenoxy) is 2. The second kappa shape index (κ2) is 4.82. The molecule has 3 nitrogen and oxygen atoms in total. The quantitative estimate of drug-likeness (QED) is 0.888. The van der Waals surface area contributed by atoms with E-state index in [1.807, 2.05) is 12.1 Å². The second-order valence-corrected chi connectivity index (χ2v) is 4.64. The van der Waals surface area contributed by atoms with Gasteiger partial charge in [-0.15, -0.1) is 11.3 Å². The Morgan fingerprint density at radius 1 is 1.31 bits per heavy atom. The number of methoxy groups -OCH3 is 2. The molecular formula is C12H15NO2S. The van der Waals surface area contributed by atoms with Crippen LogP contribution in [0.25, 0.3) is 10.1 Å². The van der Waals surface area contributed by atoms with Crippen LogP contribution in [0.15, 0.2) is 18.2 Å². The number of hydrogen-bond donors (Lipinski definition) is 1. The van der Waals surface area contributed by atoms with E-state index in [2.05, 4.69) is 6.07 Å². The maximum Gasteiger partial charge on any atom is 0.119 e. The van der Waals surface area contributed by atoms with Crippen LogP contribution in [0.3, 0.4) is 0 Å². The van der Waals surface area contributed by atoms with Gasteiger partial charge in [0.25, 0.3) is 0 Å². The first-order valence-corrected chi connectivity index (χ1v) is 5.89. The van der Waals surface area contributed by atoms with Crippen molar-refractivity contribution in [2.24, 2.45) is 5.73 Å². The average Bonchev–Trinajstić information content (AvgIpc) is 2.67. The van der Waals surface area contributed by atoms with Crippen molar-refractivity contribution in [1.82, 2.24) is 0 Å². The number of hydrogen-bond acceptors (Lipinski definition) is 4. The van der Waals surface area contributed by atoms with Gasteiger partial charge in [-0.2, -0.15) is 0 Å². The summed E-state index contributed by atoms with van der Waals surface area (Å²) in [5.41, 5.74) is 6.92. The average molecular weight is 237 g/mol. The van der Waals surface area contributed by atoms with Crippen molar-refractivity contribution in [3.05, 3.63) is 28.6 Å². The number of benzene rings is 1. The van der Waals surface area contributed by atoms with Crippen LogP contribution < -0.4 is 10.5 Å². The highest BCUT2D eigenvalue weighted by atomic mass is 32.1. The number of nitrogens with two attached hydrogens (primary N) is 1. The summed E-state index contributed by atoms with van der Waals surface area (Å²) in [7, 11) is 3.37. The summed E-state index contributed by atoms with van der Waals surface area (Å²) >= 11 is 1.72. The molecule has 0 saturated carbocycles. The third-order valence-corrected chi connectivity index (χ3v) is 3.79. The lowest BCUT2D eigenvalue weighted by Gasteiger charge is -2.02. The van der Waals surface area contributed by atoms with E-state index in [0.717, 1.165) is 5.75 Å². The Hall–Kier alpha value is -1.10. The van der Waals surface area contributed by atoms with Gasteiger partial charge in [0.1, 0.15) is 5.75 Å². The van der Waals surface area contributed by atoms with Gasteiger partial charge in [-0.3, -0.25) is 0 Å². The first-order valence-electron chi connectivity index (χ1n) is 5.07. The summed E-state index contributed by atoms with van der Waals surface area (Å²) in [6, 6.07) is 6.08. The van der Waals surface area contributed by atoms with Gasteiger partial charge in [-0.1, -0.05) is 0 Å². The molecule has 0 spiro atoms. The lowest BCUT2D eigenvalue weighted by Crippen LogP contribution is -1.98. The molecule has 1 aromatic heterocycles. The molecule has 16 heavy (non-hydrogen) atoms. The molecule has 0 fully saturated rings. The molecule has 0 aliphatic heterocycles. The molecule has 1 aromatic carbocycles. The highest BCUT2D eigenvalue weighted by Crippen LogP contribution is 2.34. The summed E-state index contributed by atoms with van der Waals surface area (Å²) in [6.07, 6.45) is 0. The summed E-state index contributed by atoms with van der Waals surface area (Å²) in [5.74, 6) is 0.867. The zero-order valence-corrected chi connectivity index (χ0v) is 10.3. The Kier molecular flexibility index (Phi) is 3.43. The van der Waals surface area contributed by atoms with Gasteiger partial charge in [-0.05, 0) is 18.2 Å². The van der Waals surface area contributed by atoms with Crippen LogP contribution in [-0.4, -0.2) is 14.2 Å². The number of thiophene rings is 1. The van der Waals surface area contributed by atoms with Crippen LogP contribution in [0, 0.1) is 0 Å². The van der Waals surface area contributed by atoms with Crippen molar-refractivity contribution in [2.45, 2.75) is 13.2 Å². The van der Waals surface area contributed by atoms with Crippen LogP contribution >= 0.6 is 11.3 Å². The third-order valence-electron chi connectivity index (χ3n) is 2.56. The Morgan fingerprint density at radius 2 is 2.12 bits per heavy atom. The van der Waals surface area contributed by atoms with E-state index in [4.69, 9.17) is 15.2 Å². The van der Waals surface area contributed by atoms with Gasteiger partial charge in [-0.25, -0.2) is 0 Å². The zero-order chi connectivity index (χ0) is 11.5. The summed E-state index contributed by atoms with van der Waals surface area (Å²) < 4.78 is 11.7. The molecular weight excluding hydrogens is 222 g/mol. The second-order valence-electron chi connectivity index (χ2n) is 3.50. The maximum atomic E-state index is 5.74. The molecule has 2 N–H and O–H groups in total. The highest BCUT2D eigenvalue weighted by Gasteiger charge is 2.11. The van der Waals surface area contributed by atoms with E-state index in [-0.39, 0.29) is 0 Å². The van der Waals surface area contributed by atoms with Crippen LogP contribution in [-0.2, 0) is 17.9 Å². The van der Waals surface area contributed by atoms with Crippen LogP contribution in [0.5, 0.6) is 5.75 Å². The highest BCUT2D eigenvalue weighted by molar-refractivity contribution is 7.19. The van der Waals surface area contributed by atoms with Crippen molar-refractivity contribution in [2.75, 3.05) is 14.2 Å². The summed E-state index contributed by atoms with van der Waals surface area (Å²) in [5, 5.41) is 1.19. The summed E-state index contributed by atoms with van der Waals surface area (Å²) in [4.78, 5) is 1.19. The van der Waals surface area contributed by atoms with Gasteiger partial charge in [0.15, 0.2) is 0 Å². The molecule has 0 saturated heterocycles. The fraction of sp³-hybridized carbons (Fsp3) is 0.333. The third kappa shape index (κ3) is 1.91. The van der Waals surface area contributed by atoms with Crippen LogP contribution in [0.1, 0.15) is 10.4 Å². The van der Waals surface area contributed by atoms with Crippen molar-refractivity contribution >= 4 is 21.4 Å². The largest absolute Gasteiger partial charge is 0.497 e. The monoisotopic (exact) mass is 237 g/mol. The van der Waals surface area contributed by atoms with E-state index in [0.29, 0.717) is 13.2 Å². The van der Waals surface area contributed by atoms with E-state index in [1.54, 1.807) is 25.6 Å². The molecule has 2 rings (SSSR count). The molecule has 0 amide bonds. The Labute approximate surface area is 98.8 Å². The van der Waals surface area contributed by atoms with Gasteiger partial charge < -0.3 is 15.2 Å². The molecule has 0 aliphatic carbocycles. The van der Waals surface area contributed by atoms with E-state index in [1.165, 1.54) is 20.5 Å². The molecule has 0 atom stereocenters. The van der Waals surface area contributed by atoms with E-state index < -0.39 is 0 Å². The maximum absolute atomic E-state index is 5.74. The minimum Gasteiger partial charge on any atom is -0.497 e. The predicted molar refractivity (Wildman–Crippen MR) is 67.0 cm³/mol. The minimum absolute atomic E-state index is 0.556. The Morgan fingerprint density at radius 3 is 2.75 bits per heavy atom. The predicted octanol–water partition coefficient (Wildman–Crippen LogP) is 2.52. The standard InChI is InChI=1S/C12H15NO2S/c1-14-7-10-9-5-8(15-2)3-4-11(9)16-12(10)6-13/h3-5H,6-7,13H2,1-2H3. The summed E-state index contributed by atoms with van der Waals surface area (Å²) in [6.45, 7) is 1.15. The smallest absolute Gasteiger partial charge is 0.119 e. The normalized spacial score (nSPS) is 10.9. The van der Waals surface area contributed by atoms with Crippen molar-refractivity contribution in [1.29, 1.82) is 0 Å². The van der Waals surface area contributed by atoms with Gasteiger partial charge in [0.2, 0.25) is 0 Å². The fourth-order valence-electron chi connectivity index (χ4n) is 1.77. The Balaban J connectivity index is 2.60. The lowest BCUT2D eigenvalue weighted by atomic mass is 10.1. The molecule has 0 aliphatic rings. The SMILES string of the molecule is COCc1c(CN)sc2ccc(OC)cc12. The number of rotatable bonds is 4. The number of fused-ring (bicyclic) bond motifs is 1. The molecule has 86 valence electrons. The minimum atomic E-state index is 0.556. The van der Waals surface area contributed by atoms with Crippen molar-refractivity contribution < 1.29 is 9.47 Å². The first kappa shape index (κ1) is 11.4. The topological polar surface area (TPSA) is 44.5 Å². The van der Waals surface area contributed by atoms with Crippen molar-refractivity contribution in [3.8, 4) is 5.75 Å². The first-order chi connectivity index (χ1) is 7.80. The van der Waals surface area contributed by atoms with Crippen LogP contribution in [0.2, 0.25) is 0 Å². The van der Waals surface area contributed by atoms with E-state index >= 15 is 0 Å². The molecule has 0 unspecified atom stereocenters. The van der Waals surface area contributed by atoms with Crippen LogP contribution in [0.4, 0.5) is 0 Å². The van der Waals surface area contributed by atoms with E-state index in [9.17, 15) is 0 Å².